The number of carbonyl (C=O) groups is 2. The van der Waals surface area contributed by atoms with Gasteiger partial charge in [-0.3, -0.25) is 9.59 Å². The van der Waals surface area contributed by atoms with E-state index in [1.807, 2.05) is 25.8 Å². The second-order valence-corrected chi connectivity index (χ2v) is 6.40. The highest BCUT2D eigenvalue weighted by atomic mass is 16.2. The first-order valence-electron chi connectivity index (χ1n) is 8.14. The summed E-state index contributed by atoms with van der Waals surface area (Å²) >= 11 is 0. The Bertz CT molecular complexity index is 353. The maximum absolute atomic E-state index is 12.3. The highest BCUT2D eigenvalue weighted by Gasteiger charge is 2.27. The molecule has 5 nitrogen and oxygen atoms in total. The van der Waals surface area contributed by atoms with Gasteiger partial charge in [-0.25, -0.2) is 0 Å². The molecule has 0 bridgehead atoms. The number of rotatable bonds is 6. The van der Waals surface area contributed by atoms with Crippen molar-refractivity contribution < 1.29 is 9.59 Å². The Hall–Kier alpha value is -1.10. The van der Waals surface area contributed by atoms with E-state index in [1.54, 1.807) is 7.05 Å². The summed E-state index contributed by atoms with van der Waals surface area (Å²) in [6.07, 6.45) is 6.65. The van der Waals surface area contributed by atoms with E-state index in [4.69, 9.17) is 5.73 Å². The van der Waals surface area contributed by atoms with Crippen LogP contribution in [0.25, 0.3) is 0 Å². The number of hydrogen-bond donors (Lipinski definition) is 1. The number of nitrogens with two attached hydrogens (primary N) is 1. The zero-order valence-corrected chi connectivity index (χ0v) is 14.0. The molecule has 0 radical (unpaired) electrons. The first kappa shape index (κ1) is 18.0. The minimum atomic E-state index is -0.521. The zero-order valence-electron chi connectivity index (χ0n) is 14.0. The van der Waals surface area contributed by atoms with Crippen LogP contribution in [-0.4, -0.2) is 54.3 Å². The van der Waals surface area contributed by atoms with Gasteiger partial charge in [-0.05, 0) is 18.8 Å². The van der Waals surface area contributed by atoms with Gasteiger partial charge in [-0.1, -0.05) is 39.5 Å². The van der Waals surface area contributed by atoms with Crippen LogP contribution >= 0.6 is 0 Å². The molecule has 0 heterocycles. The Morgan fingerprint density at radius 3 is 2.29 bits per heavy atom. The van der Waals surface area contributed by atoms with Crippen molar-refractivity contribution in [3.05, 3.63) is 0 Å². The fourth-order valence-corrected chi connectivity index (χ4v) is 2.82. The number of likely N-dealkylation sites (N-methyl/N-ethyl adjacent to an activating group) is 2. The van der Waals surface area contributed by atoms with Crippen LogP contribution in [0, 0.1) is 5.92 Å². The van der Waals surface area contributed by atoms with E-state index in [1.165, 1.54) is 24.2 Å². The molecule has 2 unspecified atom stereocenters. The van der Waals surface area contributed by atoms with Crippen molar-refractivity contribution in [1.82, 2.24) is 9.80 Å². The Labute approximate surface area is 128 Å². The monoisotopic (exact) mass is 297 g/mol. The predicted octanol–water partition coefficient (Wildman–Crippen LogP) is 1.61. The van der Waals surface area contributed by atoms with Crippen LogP contribution in [0.1, 0.15) is 52.4 Å². The van der Waals surface area contributed by atoms with Gasteiger partial charge >= 0.3 is 0 Å². The normalized spacial score (nSPS) is 18.9. The lowest BCUT2D eigenvalue weighted by Gasteiger charge is -2.33. The lowest BCUT2D eigenvalue weighted by Crippen LogP contribution is -2.50. The van der Waals surface area contributed by atoms with Gasteiger partial charge in [0.25, 0.3) is 0 Å². The lowest BCUT2D eigenvalue weighted by molar-refractivity contribution is -0.141. The molecule has 2 atom stereocenters. The molecule has 122 valence electrons. The molecule has 2 N–H and O–H groups in total. The van der Waals surface area contributed by atoms with E-state index in [9.17, 15) is 9.59 Å². The van der Waals surface area contributed by atoms with Crippen LogP contribution in [-0.2, 0) is 9.59 Å². The molecular weight excluding hydrogens is 266 g/mol. The maximum atomic E-state index is 12.3. The van der Waals surface area contributed by atoms with Gasteiger partial charge in [0.1, 0.15) is 0 Å². The third-order valence-corrected chi connectivity index (χ3v) is 4.81. The molecule has 0 saturated heterocycles. The number of carbonyl (C=O) groups excluding carboxylic acids is 2. The van der Waals surface area contributed by atoms with Crippen molar-refractivity contribution in [1.29, 1.82) is 0 Å². The Morgan fingerprint density at radius 1 is 1.19 bits per heavy atom. The van der Waals surface area contributed by atoms with E-state index >= 15 is 0 Å². The Kier molecular flexibility index (Phi) is 7.15. The van der Waals surface area contributed by atoms with Crippen molar-refractivity contribution in [2.75, 3.05) is 20.6 Å². The molecule has 0 aromatic carbocycles. The van der Waals surface area contributed by atoms with Gasteiger partial charge in [0.15, 0.2) is 0 Å². The fraction of sp³-hybridized carbons (Fsp3) is 0.875. The van der Waals surface area contributed by atoms with E-state index in [2.05, 4.69) is 0 Å². The lowest BCUT2D eigenvalue weighted by atomic mass is 9.94. The topological polar surface area (TPSA) is 66.6 Å². The van der Waals surface area contributed by atoms with Gasteiger partial charge < -0.3 is 15.5 Å². The molecule has 0 aromatic rings. The van der Waals surface area contributed by atoms with Crippen LogP contribution in [0.4, 0.5) is 0 Å². The molecule has 1 rings (SSSR count). The maximum Gasteiger partial charge on any atom is 0.242 e. The smallest absolute Gasteiger partial charge is 0.242 e. The second-order valence-electron chi connectivity index (χ2n) is 6.40. The summed E-state index contributed by atoms with van der Waals surface area (Å²) in [7, 11) is 3.52. The van der Waals surface area contributed by atoms with E-state index in [-0.39, 0.29) is 24.3 Å². The number of hydrogen-bond acceptors (Lipinski definition) is 3. The van der Waals surface area contributed by atoms with Crippen molar-refractivity contribution in [2.24, 2.45) is 11.7 Å². The summed E-state index contributed by atoms with van der Waals surface area (Å²) in [6, 6.07) is -0.189. The summed E-state index contributed by atoms with van der Waals surface area (Å²) < 4.78 is 0. The number of amides is 2. The van der Waals surface area contributed by atoms with Gasteiger partial charge in [-0.2, -0.15) is 0 Å². The van der Waals surface area contributed by atoms with Crippen molar-refractivity contribution >= 4 is 11.8 Å². The van der Waals surface area contributed by atoms with Crippen molar-refractivity contribution in [3.8, 4) is 0 Å². The minimum absolute atomic E-state index is 0.00843. The summed E-state index contributed by atoms with van der Waals surface area (Å²) in [6.45, 7) is 4.10. The average Bonchev–Trinajstić information content (AvgIpc) is 2.52. The molecule has 2 amide bonds. The molecule has 0 spiro atoms. The molecule has 21 heavy (non-hydrogen) atoms. The fourth-order valence-electron chi connectivity index (χ4n) is 2.82. The second kappa shape index (κ2) is 8.37. The first-order chi connectivity index (χ1) is 9.88. The molecule has 5 heteroatoms. The molecule has 1 aliphatic rings. The number of nitrogens with zero attached hydrogens (tertiary/aromatic N) is 2. The van der Waals surface area contributed by atoms with Crippen molar-refractivity contribution in [2.45, 2.75) is 64.5 Å². The summed E-state index contributed by atoms with van der Waals surface area (Å²) in [5, 5.41) is 0. The van der Waals surface area contributed by atoms with Crippen LogP contribution in [0.3, 0.4) is 0 Å². The molecular formula is C16H31N3O2. The SMILES string of the molecule is CCC(C)C(N)C(=O)N(C)CC(=O)N(C)C1CCCCC1. The highest BCUT2D eigenvalue weighted by Crippen LogP contribution is 2.21. The summed E-state index contributed by atoms with van der Waals surface area (Å²) in [5.74, 6) is -0.00466. The van der Waals surface area contributed by atoms with Crippen LogP contribution in [0.5, 0.6) is 0 Å². The quantitative estimate of drug-likeness (QED) is 0.810. The average molecular weight is 297 g/mol. The predicted molar refractivity (Wildman–Crippen MR) is 84.7 cm³/mol. The van der Waals surface area contributed by atoms with Gasteiger partial charge in [0, 0.05) is 20.1 Å². The van der Waals surface area contributed by atoms with E-state index in [0.717, 1.165) is 19.3 Å². The Balaban J connectivity index is 2.50. The summed E-state index contributed by atoms with van der Waals surface area (Å²) in [5.41, 5.74) is 5.95. The van der Waals surface area contributed by atoms with Gasteiger partial charge in [0.05, 0.1) is 12.6 Å². The molecule has 0 aromatic heterocycles. The largest absolute Gasteiger partial charge is 0.341 e. The minimum Gasteiger partial charge on any atom is -0.341 e. The van der Waals surface area contributed by atoms with Crippen molar-refractivity contribution in [3.63, 3.8) is 0 Å². The van der Waals surface area contributed by atoms with Crippen LogP contribution < -0.4 is 5.73 Å². The van der Waals surface area contributed by atoms with Crippen LogP contribution in [0.15, 0.2) is 0 Å². The molecule has 1 fully saturated rings. The first-order valence-corrected chi connectivity index (χ1v) is 8.14. The van der Waals surface area contributed by atoms with Gasteiger partial charge in [-0.15, -0.1) is 0 Å². The third-order valence-electron chi connectivity index (χ3n) is 4.81. The molecule has 1 saturated carbocycles. The van der Waals surface area contributed by atoms with E-state index < -0.39 is 6.04 Å². The molecule has 1 aliphatic carbocycles. The van der Waals surface area contributed by atoms with Gasteiger partial charge in [0.2, 0.25) is 11.8 Å². The standard InChI is InChI=1S/C16H31N3O2/c1-5-12(2)15(17)16(21)18(3)11-14(20)19(4)13-9-7-6-8-10-13/h12-13,15H,5-11,17H2,1-4H3. The third kappa shape index (κ3) is 4.99. The van der Waals surface area contributed by atoms with E-state index in [0.29, 0.717) is 6.04 Å². The zero-order chi connectivity index (χ0) is 16.0. The summed E-state index contributed by atoms with van der Waals surface area (Å²) in [4.78, 5) is 27.8. The highest BCUT2D eigenvalue weighted by molar-refractivity contribution is 5.87. The van der Waals surface area contributed by atoms with Crippen LogP contribution in [0.2, 0.25) is 0 Å². The Morgan fingerprint density at radius 2 is 1.76 bits per heavy atom. The molecule has 0 aliphatic heterocycles.